The molecule has 0 fully saturated rings. The Morgan fingerprint density at radius 1 is 1.35 bits per heavy atom. The monoisotopic (exact) mass is 277 g/mol. The second kappa shape index (κ2) is 7.08. The highest BCUT2D eigenvalue weighted by Gasteiger charge is 2.21. The predicted molar refractivity (Wildman–Crippen MR) is 76.0 cm³/mol. The number of nitrogens with zero attached hydrogens (tertiary/aromatic N) is 1. The molecule has 4 heteroatoms. The molecule has 3 nitrogen and oxygen atoms in total. The molecule has 0 heterocycles. The van der Waals surface area contributed by atoms with Crippen molar-refractivity contribution >= 4 is 5.91 Å². The number of likely N-dealkylation sites (N-methyl/N-ethyl adjacent to an activating group) is 1. The summed E-state index contributed by atoms with van der Waals surface area (Å²) < 4.78 is 18.2. The van der Waals surface area contributed by atoms with E-state index in [1.165, 1.54) is 12.1 Å². The number of hydrogen-bond donors (Lipinski definition) is 0. The van der Waals surface area contributed by atoms with Crippen LogP contribution in [-0.2, 0) is 4.79 Å². The molecule has 0 saturated heterocycles. The average Bonchev–Trinajstić information content (AvgIpc) is 2.49. The maximum absolute atomic E-state index is 12.7. The molecule has 0 radical (unpaired) electrons. The number of halogens is 1. The van der Waals surface area contributed by atoms with Gasteiger partial charge in [0.15, 0.2) is 0 Å². The number of allylic oxidation sites excluding steroid dienone is 2. The van der Waals surface area contributed by atoms with Crippen LogP contribution in [0.15, 0.2) is 36.4 Å². The maximum Gasteiger partial charge on any atom is 0.225 e. The van der Waals surface area contributed by atoms with E-state index >= 15 is 0 Å². The fraction of sp³-hybridized carbons (Fsp3) is 0.438. The molecule has 1 aromatic carbocycles. The molecule has 1 aliphatic rings. The van der Waals surface area contributed by atoms with E-state index in [1.807, 2.05) is 0 Å². The molecular weight excluding hydrogens is 257 g/mol. The average molecular weight is 277 g/mol. The highest BCUT2D eigenvalue weighted by atomic mass is 19.1. The Kier molecular flexibility index (Phi) is 5.16. The number of carbonyl (C=O) groups excluding carboxylic acids is 1. The zero-order valence-corrected chi connectivity index (χ0v) is 11.7. The van der Waals surface area contributed by atoms with Crippen LogP contribution in [0.3, 0.4) is 0 Å². The van der Waals surface area contributed by atoms with Crippen molar-refractivity contribution in [1.29, 1.82) is 0 Å². The molecule has 1 aromatic rings. The first-order valence-corrected chi connectivity index (χ1v) is 6.95. The minimum Gasteiger partial charge on any atom is -0.492 e. The summed E-state index contributed by atoms with van der Waals surface area (Å²) in [7, 11) is 1.80. The fourth-order valence-electron chi connectivity index (χ4n) is 2.27. The molecular formula is C16H20FNO2. The summed E-state index contributed by atoms with van der Waals surface area (Å²) in [5.74, 6) is 0.621. The van der Waals surface area contributed by atoms with Gasteiger partial charge in [-0.25, -0.2) is 4.39 Å². The van der Waals surface area contributed by atoms with Gasteiger partial charge >= 0.3 is 0 Å². The van der Waals surface area contributed by atoms with Crippen LogP contribution in [0.25, 0.3) is 0 Å². The first-order chi connectivity index (χ1) is 9.66. The Morgan fingerprint density at radius 2 is 2.10 bits per heavy atom. The summed E-state index contributed by atoms with van der Waals surface area (Å²) >= 11 is 0. The lowest BCUT2D eigenvalue weighted by Gasteiger charge is -2.24. The second-order valence-corrected chi connectivity index (χ2v) is 5.04. The van der Waals surface area contributed by atoms with Gasteiger partial charge in [0.25, 0.3) is 0 Å². The van der Waals surface area contributed by atoms with Gasteiger partial charge in [-0.05, 0) is 43.5 Å². The van der Waals surface area contributed by atoms with Crippen LogP contribution < -0.4 is 4.74 Å². The van der Waals surface area contributed by atoms with E-state index in [-0.39, 0.29) is 17.6 Å². The lowest BCUT2D eigenvalue weighted by atomic mass is 9.93. The van der Waals surface area contributed by atoms with Crippen LogP contribution >= 0.6 is 0 Å². The fourth-order valence-corrected chi connectivity index (χ4v) is 2.27. The summed E-state index contributed by atoms with van der Waals surface area (Å²) in [5.41, 5.74) is 0. The topological polar surface area (TPSA) is 29.5 Å². The Hall–Kier alpha value is -1.84. The van der Waals surface area contributed by atoms with Crippen molar-refractivity contribution in [2.24, 2.45) is 5.92 Å². The minimum absolute atomic E-state index is 0.107. The van der Waals surface area contributed by atoms with Gasteiger partial charge in [0.2, 0.25) is 5.91 Å². The van der Waals surface area contributed by atoms with Crippen molar-refractivity contribution in [2.75, 3.05) is 20.2 Å². The van der Waals surface area contributed by atoms with Crippen molar-refractivity contribution in [3.05, 3.63) is 42.2 Å². The van der Waals surface area contributed by atoms with E-state index < -0.39 is 0 Å². The van der Waals surface area contributed by atoms with E-state index in [4.69, 9.17) is 4.74 Å². The van der Waals surface area contributed by atoms with Crippen LogP contribution in [0.2, 0.25) is 0 Å². The molecule has 0 saturated carbocycles. The molecule has 0 spiro atoms. The van der Waals surface area contributed by atoms with Crippen molar-refractivity contribution < 1.29 is 13.9 Å². The van der Waals surface area contributed by atoms with Gasteiger partial charge in [0.1, 0.15) is 18.2 Å². The van der Waals surface area contributed by atoms with Crippen molar-refractivity contribution in [1.82, 2.24) is 4.90 Å². The molecule has 0 aromatic heterocycles. The quantitative estimate of drug-likeness (QED) is 0.774. The Morgan fingerprint density at radius 3 is 2.75 bits per heavy atom. The zero-order valence-electron chi connectivity index (χ0n) is 11.7. The number of carbonyl (C=O) groups is 1. The number of rotatable bonds is 5. The molecule has 2 rings (SSSR count). The van der Waals surface area contributed by atoms with Crippen molar-refractivity contribution in [3.8, 4) is 5.75 Å². The van der Waals surface area contributed by atoms with E-state index in [0.717, 1.165) is 19.3 Å². The maximum atomic E-state index is 12.7. The highest BCUT2D eigenvalue weighted by molar-refractivity contribution is 5.78. The molecule has 0 N–H and O–H groups in total. The van der Waals surface area contributed by atoms with Crippen LogP contribution in [0.1, 0.15) is 19.3 Å². The standard InChI is InChI=1S/C16H20FNO2/c1-18(16(19)13-5-3-2-4-6-13)11-12-20-15-9-7-14(17)8-10-15/h2-3,7-10,13H,4-6,11-12H2,1H3. The smallest absolute Gasteiger partial charge is 0.225 e. The predicted octanol–water partition coefficient (Wildman–Crippen LogP) is 3.02. The van der Waals surface area contributed by atoms with Crippen molar-refractivity contribution in [3.63, 3.8) is 0 Å². The van der Waals surface area contributed by atoms with Crippen molar-refractivity contribution in [2.45, 2.75) is 19.3 Å². The first-order valence-electron chi connectivity index (χ1n) is 6.95. The van der Waals surface area contributed by atoms with Gasteiger partial charge in [-0.1, -0.05) is 12.2 Å². The lowest BCUT2D eigenvalue weighted by molar-refractivity contribution is -0.134. The van der Waals surface area contributed by atoms with Gasteiger partial charge in [-0.3, -0.25) is 4.79 Å². The molecule has 1 atom stereocenters. The van der Waals surface area contributed by atoms with E-state index in [9.17, 15) is 9.18 Å². The summed E-state index contributed by atoms with van der Waals surface area (Å²) in [6.45, 7) is 0.951. The van der Waals surface area contributed by atoms with Crippen LogP contribution in [-0.4, -0.2) is 31.0 Å². The number of hydrogen-bond acceptors (Lipinski definition) is 2. The normalized spacial score (nSPS) is 17.8. The van der Waals surface area contributed by atoms with Gasteiger partial charge in [-0.2, -0.15) is 0 Å². The lowest BCUT2D eigenvalue weighted by Crippen LogP contribution is -2.36. The molecule has 1 aliphatic carbocycles. The van der Waals surface area contributed by atoms with E-state index in [2.05, 4.69) is 12.2 Å². The Labute approximate surface area is 119 Å². The third-order valence-electron chi connectivity index (χ3n) is 3.50. The van der Waals surface area contributed by atoms with Crippen LogP contribution in [0, 0.1) is 11.7 Å². The van der Waals surface area contributed by atoms with Crippen LogP contribution in [0.4, 0.5) is 4.39 Å². The SMILES string of the molecule is CN(CCOc1ccc(F)cc1)C(=O)C1CC=CCC1. The molecule has 0 bridgehead atoms. The number of benzene rings is 1. The molecule has 108 valence electrons. The summed E-state index contributed by atoms with van der Waals surface area (Å²) in [4.78, 5) is 13.9. The Bertz CT molecular complexity index is 470. The van der Waals surface area contributed by atoms with Gasteiger partial charge in [0.05, 0.1) is 6.54 Å². The van der Waals surface area contributed by atoms with E-state index in [0.29, 0.717) is 18.9 Å². The largest absolute Gasteiger partial charge is 0.492 e. The first kappa shape index (κ1) is 14.6. The minimum atomic E-state index is -0.282. The van der Waals surface area contributed by atoms with Gasteiger partial charge in [-0.15, -0.1) is 0 Å². The summed E-state index contributed by atoms with van der Waals surface area (Å²) in [5, 5.41) is 0. The number of ether oxygens (including phenoxy) is 1. The van der Waals surface area contributed by atoms with Gasteiger partial charge < -0.3 is 9.64 Å². The molecule has 1 amide bonds. The molecule has 1 unspecified atom stereocenters. The third-order valence-corrected chi connectivity index (χ3v) is 3.50. The summed E-state index contributed by atoms with van der Waals surface area (Å²) in [6, 6.07) is 5.89. The van der Waals surface area contributed by atoms with Gasteiger partial charge in [0, 0.05) is 13.0 Å². The second-order valence-electron chi connectivity index (χ2n) is 5.04. The zero-order chi connectivity index (χ0) is 14.4. The van der Waals surface area contributed by atoms with Crippen LogP contribution in [0.5, 0.6) is 5.75 Å². The molecule has 20 heavy (non-hydrogen) atoms. The highest BCUT2D eigenvalue weighted by Crippen LogP contribution is 2.20. The Balaban J connectivity index is 1.74. The number of amides is 1. The summed E-state index contributed by atoms with van der Waals surface area (Å²) in [6.07, 6.45) is 6.95. The molecule has 0 aliphatic heterocycles. The third kappa shape index (κ3) is 4.08. The van der Waals surface area contributed by atoms with E-state index in [1.54, 1.807) is 24.1 Å².